The van der Waals surface area contributed by atoms with Gasteiger partial charge in [0.2, 0.25) is 63.7 Å². The Bertz CT molecular complexity index is 2230. The van der Waals surface area contributed by atoms with Gasteiger partial charge in [-0.15, -0.1) is 4.13 Å². The third-order valence-corrected chi connectivity index (χ3v) is 10.5. The van der Waals surface area contributed by atoms with Crippen LogP contribution in [-0.4, -0.2) is 147 Å². The van der Waals surface area contributed by atoms with Gasteiger partial charge < -0.3 is 9.42 Å². The van der Waals surface area contributed by atoms with Gasteiger partial charge in [0.15, 0.2) is 16.0 Å². The molecule has 7 N–H and O–H groups in total. The van der Waals surface area contributed by atoms with Gasteiger partial charge >= 0.3 is 7.60 Å². The van der Waals surface area contributed by atoms with Crippen LogP contribution in [0, 0.1) is 11.5 Å². The monoisotopic (exact) mass is 1040 g/mol. The number of carbonyl (C=O) groups excluding carboxylic acids is 5. The molecular formula is C27H55N6O22PS6. The Morgan fingerprint density at radius 1 is 0.661 bits per heavy atom. The van der Waals surface area contributed by atoms with Crippen LogP contribution in [0.2, 0.25) is 0 Å². The average Bonchev–Trinajstić information content (AvgIpc) is 2.97. The summed E-state index contributed by atoms with van der Waals surface area (Å²) in [6, 6.07) is 8.00. The SMILES string of the molecule is CC(=O)C(C)S(=O)(=O)c1ccccc1.CC(=O)NC#N.CC(=O)NS(C)(=O)=O.CC(=O)NS(C)(=O)=O.CONC(C)=O.COP(C)(=O)O.CS(=O)(=O)NS(C)(=O)=O.CS(=O)(=O)O. The maximum absolute atomic E-state index is 11.8. The number of hydrogen-bond donors (Lipinski definition) is 7. The first-order valence-electron chi connectivity index (χ1n) is 15.3. The fourth-order valence-corrected chi connectivity index (χ4v) is 6.68. The zero-order chi connectivity index (χ0) is 51.7. The summed E-state index contributed by atoms with van der Waals surface area (Å²) in [5, 5.41) is 8.56. The minimum atomic E-state index is -3.67. The summed E-state index contributed by atoms with van der Waals surface area (Å²) in [6.45, 7) is 8.76. The molecule has 366 valence electrons. The minimum Gasteiger partial charge on any atom is -0.324 e. The molecule has 0 radical (unpaired) electrons. The van der Waals surface area contributed by atoms with Crippen molar-refractivity contribution in [3.63, 3.8) is 0 Å². The number of nitriles is 1. The summed E-state index contributed by atoms with van der Waals surface area (Å²) in [7, 11) is -21.6. The maximum atomic E-state index is 11.8. The normalized spacial score (nSPS) is 12.0. The highest BCUT2D eigenvalue weighted by molar-refractivity contribution is 8.04. The van der Waals surface area contributed by atoms with Crippen molar-refractivity contribution < 1.29 is 97.9 Å². The Morgan fingerprint density at radius 3 is 1.06 bits per heavy atom. The number of sulfone groups is 1. The summed E-state index contributed by atoms with van der Waals surface area (Å²) in [5.74, 6) is -1.97. The molecule has 0 aliphatic carbocycles. The van der Waals surface area contributed by atoms with Crippen molar-refractivity contribution in [1.29, 1.82) is 5.26 Å². The van der Waals surface area contributed by atoms with Crippen LogP contribution in [0.4, 0.5) is 0 Å². The van der Waals surface area contributed by atoms with E-state index in [1.807, 2.05) is 5.32 Å². The second-order valence-electron chi connectivity index (χ2n) is 11.0. The van der Waals surface area contributed by atoms with Crippen LogP contribution in [0.25, 0.3) is 0 Å². The molecule has 0 aromatic heterocycles. The highest BCUT2D eigenvalue weighted by Crippen LogP contribution is 2.34. The van der Waals surface area contributed by atoms with E-state index in [1.54, 1.807) is 27.6 Å². The second-order valence-corrected chi connectivity index (χ2v) is 23.9. The molecule has 0 spiro atoms. The second kappa shape index (κ2) is 34.5. The van der Waals surface area contributed by atoms with E-state index in [9.17, 15) is 79.0 Å². The van der Waals surface area contributed by atoms with E-state index in [-0.39, 0.29) is 22.5 Å². The highest BCUT2D eigenvalue weighted by atomic mass is 32.3. The van der Waals surface area contributed by atoms with Crippen molar-refractivity contribution in [3.8, 4) is 6.19 Å². The number of Topliss-reactive ketones (excluding diaryl/α,β-unsaturated/α-hetero) is 1. The van der Waals surface area contributed by atoms with E-state index in [4.69, 9.17) is 14.7 Å². The third-order valence-electron chi connectivity index (χ3n) is 3.89. The van der Waals surface area contributed by atoms with Crippen molar-refractivity contribution in [2.75, 3.05) is 52.2 Å². The van der Waals surface area contributed by atoms with Crippen molar-refractivity contribution in [3.05, 3.63) is 30.3 Å². The highest BCUT2D eigenvalue weighted by Gasteiger charge is 2.26. The lowest BCUT2D eigenvalue weighted by atomic mass is 10.3. The molecule has 4 amide bonds. The molecule has 0 fully saturated rings. The van der Waals surface area contributed by atoms with E-state index < -0.39 is 84.7 Å². The van der Waals surface area contributed by atoms with Crippen LogP contribution < -0.4 is 24.4 Å². The van der Waals surface area contributed by atoms with Gasteiger partial charge in [0.05, 0.1) is 43.3 Å². The van der Waals surface area contributed by atoms with Gasteiger partial charge in [0, 0.05) is 41.5 Å². The zero-order valence-corrected chi connectivity index (χ0v) is 41.7. The van der Waals surface area contributed by atoms with E-state index >= 15 is 0 Å². The predicted molar refractivity (Wildman–Crippen MR) is 224 cm³/mol. The molecule has 0 bridgehead atoms. The van der Waals surface area contributed by atoms with Crippen molar-refractivity contribution >= 4 is 97.1 Å². The fourth-order valence-electron chi connectivity index (χ4n) is 2.05. The number of sulfonamides is 4. The van der Waals surface area contributed by atoms with Gasteiger partial charge in [-0.2, -0.15) is 13.7 Å². The minimum absolute atomic E-state index is 0.183. The molecule has 62 heavy (non-hydrogen) atoms. The molecule has 2 atom stereocenters. The van der Waals surface area contributed by atoms with Gasteiger partial charge in [0.1, 0.15) is 11.0 Å². The molecule has 0 saturated heterocycles. The van der Waals surface area contributed by atoms with Gasteiger partial charge in [0.25, 0.3) is 10.1 Å². The van der Waals surface area contributed by atoms with Crippen molar-refractivity contribution in [2.24, 2.45) is 0 Å². The van der Waals surface area contributed by atoms with Gasteiger partial charge in [-0.25, -0.2) is 47.6 Å². The lowest BCUT2D eigenvalue weighted by Gasteiger charge is -2.08. The Hall–Kier alpha value is -4.01. The van der Waals surface area contributed by atoms with Crippen LogP contribution >= 0.6 is 7.60 Å². The van der Waals surface area contributed by atoms with E-state index in [0.717, 1.165) is 45.5 Å². The van der Waals surface area contributed by atoms with Crippen molar-refractivity contribution in [1.82, 2.24) is 24.4 Å². The van der Waals surface area contributed by atoms with Crippen LogP contribution in [0.1, 0.15) is 41.5 Å². The quantitative estimate of drug-likeness (QED) is 0.0436. The first-order valence-corrected chi connectivity index (χ1v) is 28.3. The number of hydroxylamine groups is 1. The first kappa shape index (κ1) is 72.4. The summed E-state index contributed by atoms with van der Waals surface area (Å²) in [5.41, 5.74) is 2.07. The third kappa shape index (κ3) is 83.6. The molecule has 28 nitrogen and oxygen atoms in total. The molecule has 2 unspecified atom stereocenters. The summed E-state index contributed by atoms with van der Waals surface area (Å²) >= 11 is 0. The molecule has 0 saturated carbocycles. The lowest BCUT2D eigenvalue weighted by Crippen LogP contribution is -2.27. The maximum Gasteiger partial charge on any atom is 0.324 e. The van der Waals surface area contributed by atoms with Crippen LogP contribution in [0.15, 0.2) is 35.2 Å². The van der Waals surface area contributed by atoms with E-state index in [1.165, 1.54) is 64.4 Å². The molecule has 0 aliphatic heterocycles. The smallest absolute Gasteiger partial charge is 0.324 e. The molecule has 1 aromatic rings. The number of carbonyl (C=O) groups is 5. The largest absolute Gasteiger partial charge is 0.324 e. The molecule has 35 heteroatoms. The molecule has 0 heterocycles. The topological polar surface area (TPSA) is 450 Å². The van der Waals surface area contributed by atoms with Crippen molar-refractivity contribution in [2.45, 2.75) is 51.7 Å². The van der Waals surface area contributed by atoms with E-state index in [2.05, 4.69) is 14.8 Å². The molecule has 1 rings (SSSR count). The first-order chi connectivity index (χ1) is 27.1. The molecular weight excluding hydrogens is 984 g/mol. The number of benzene rings is 1. The number of amides is 4. The fraction of sp³-hybridized carbons (Fsp3) is 0.556. The van der Waals surface area contributed by atoms with Gasteiger partial charge in [-0.3, -0.25) is 52.7 Å². The van der Waals surface area contributed by atoms with Gasteiger partial charge in [-0.1, -0.05) is 18.2 Å². The summed E-state index contributed by atoms with van der Waals surface area (Å²) in [6.07, 6.45) is 5.58. The number of nitrogens with zero attached hydrogens (tertiary/aromatic N) is 1. The Kier molecular flexibility index (Phi) is 40.3. The van der Waals surface area contributed by atoms with Crippen LogP contribution in [0.3, 0.4) is 0 Å². The van der Waals surface area contributed by atoms with Crippen LogP contribution in [0.5, 0.6) is 0 Å². The van der Waals surface area contributed by atoms with E-state index in [0.29, 0.717) is 6.26 Å². The number of ketones is 1. The lowest BCUT2D eigenvalue weighted by molar-refractivity contribution is -0.129. The average molecular weight is 1040 g/mol. The predicted octanol–water partition coefficient (Wildman–Crippen LogP) is -2.66. The zero-order valence-electron chi connectivity index (χ0n) is 35.9. The van der Waals surface area contributed by atoms with Crippen LogP contribution in [-0.2, 0) is 97.9 Å². The Balaban J connectivity index is -0.000000114. The summed E-state index contributed by atoms with van der Waals surface area (Å²) < 4.78 is 149. The standard InChI is InChI=1S/C10H12O3S.C3H4N2O.2C3H7NO3S.C3H7NO2.C2H7NO4S2.C2H7O3P.CH4O3S/c1-8(11)9(2)14(12,13)10-6-4-3-5-7-10;1-3(6)5-2-4;2*1-3(5)4-8(2,6)7;1-3(5)4-6-2;1-8(4,5)3-9(2,6)7;1-5-6(2,3)4;1-5(2,3)4/h3-7,9H,1-2H3;1H3,(H,5,6);2*1-2H3,(H,4,5);1-2H3,(H,4,5);3H,1-2H3;1-2H3,(H,3,4);1H3,(H,2,3,4). The Labute approximate surface area is 363 Å². The number of rotatable bonds is 9. The molecule has 1 aromatic carbocycles. The summed E-state index contributed by atoms with van der Waals surface area (Å²) in [4.78, 5) is 63.0. The Morgan fingerprint density at radius 2 is 0.968 bits per heavy atom. The number of hydrogen-bond acceptors (Lipinski definition) is 21. The van der Waals surface area contributed by atoms with Gasteiger partial charge in [-0.05, 0) is 26.0 Å². The number of nitrogens with one attached hydrogen (secondary N) is 5. The molecule has 0 aliphatic rings.